The summed E-state index contributed by atoms with van der Waals surface area (Å²) in [7, 11) is 0. The number of likely N-dealkylation sites (tertiary alicyclic amines) is 1. The molecule has 16 heavy (non-hydrogen) atoms. The summed E-state index contributed by atoms with van der Waals surface area (Å²) in [6, 6.07) is 0. The Kier molecular flexibility index (Phi) is 5.62. The highest BCUT2D eigenvalue weighted by atomic mass is 32.2. The largest absolute Gasteiger partial charge is 0.392 e. The quantitative estimate of drug-likeness (QED) is 0.820. The molecule has 1 amide bonds. The molecule has 2 atom stereocenters. The van der Waals surface area contributed by atoms with Crippen molar-refractivity contribution in [3.8, 4) is 0 Å². The summed E-state index contributed by atoms with van der Waals surface area (Å²) in [5.74, 6) is 1.48. The number of aliphatic hydroxyl groups is 1. The number of piperidine rings is 1. The van der Waals surface area contributed by atoms with E-state index in [9.17, 15) is 9.90 Å². The summed E-state index contributed by atoms with van der Waals surface area (Å²) in [4.78, 5) is 13.8. The second-order valence-electron chi connectivity index (χ2n) is 4.82. The molecule has 0 aliphatic carbocycles. The number of thioether (sulfide) groups is 1. The van der Waals surface area contributed by atoms with E-state index in [0.717, 1.165) is 31.8 Å². The molecule has 1 aliphatic heterocycles. The number of hydrogen-bond donors (Lipinski definition) is 1. The summed E-state index contributed by atoms with van der Waals surface area (Å²) in [6.07, 6.45) is 1.91. The number of hydrogen-bond acceptors (Lipinski definition) is 3. The van der Waals surface area contributed by atoms with Crippen molar-refractivity contribution in [2.45, 2.75) is 45.0 Å². The Hall–Kier alpha value is -0.220. The van der Waals surface area contributed by atoms with Crippen LogP contribution < -0.4 is 0 Å². The Bertz CT molecular complexity index is 225. The number of carbonyl (C=O) groups excluding carboxylic acids is 1. The van der Waals surface area contributed by atoms with Crippen LogP contribution in [-0.4, -0.2) is 46.1 Å². The second kappa shape index (κ2) is 6.50. The number of carbonyl (C=O) groups is 1. The number of nitrogens with zero attached hydrogens (tertiary/aromatic N) is 1. The SMILES string of the molecule is CC1CCN(C(=O)CS[C@H](C)[C@H](C)O)CC1. The molecule has 4 heteroatoms. The molecule has 1 saturated heterocycles. The lowest BCUT2D eigenvalue weighted by Crippen LogP contribution is -2.39. The topological polar surface area (TPSA) is 40.5 Å². The van der Waals surface area contributed by atoms with Crippen molar-refractivity contribution in [3.05, 3.63) is 0 Å². The van der Waals surface area contributed by atoms with Crippen LogP contribution in [0.1, 0.15) is 33.6 Å². The monoisotopic (exact) mass is 245 g/mol. The van der Waals surface area contributed by atoms with E-state index in [0.29, 0.717) is 5.75 Å². The van der Waals surface area contributed by atoms with Gasteiger partial charge in [-0.05, 0) is 25.7 Å². The maximum absolute atomic E-state index is 11.9. The van der Waals surface area contributed by atoms with Crippen molar-refractivity contribution >= 4 is 17.7 Å². The van der Waals surface area contributed by atoms with Crippen molar-refractivity contribution in [2.24, 2.45) is 5.92 Å². The molecule has 0 unspecified atom stereocenters. The van der Waals surface area contributed by atoms with Gasteiger partial charge >= 0.3 is 0 Å². The molecular formula is C12H23NO2S. The summed E-state index contributed by atoms with van der Waals surface area (Å²) in [5, 5.41) is 9.47. The van der Waals surface area contributed by atoms with Gasteiger partial charge in [-0.1, -0.05) is 13.8 Å². The maximum Gasteiger partial charge on any atom is 0.232 e. The molecule has 1 N–H and O–H groups in total. The van der Waals surface area contributed by atoms with Crippen molar-refractivity contribution in [1.82, 2.24) is 4.90 Å². The van der Waals surface area contributed by atoms with Crippen LogP contribution >= 0.6 is 11.8 Å². The van der Waals surface area contributed by atoms with Gasteiger partial charge in [-0.25, -0.2) is 0 Å². The Labute approximate surface area is 103 Å². The van der Waals surface area contributed by atoms with E-state index < -0.39 is 0 Å². The van der Waals surface area contributed by atoms with Crippen molar-refractivity contribution in [3.63, 3.8) is 0 Å². The number of aliphatic hydroxyl groups excluding tert-OH is 1. The third-order valence-corrected chi connectivity index (χ3v) is 4.62. The third-order valence-electron chi connectivity index (χ3n) is 3.29. The van der Waals surface area contributed by atoms with Crippen LogP contribution in [0.5, 0.6) is 0 Å². The lowest BCUT2D eigenvalue weighted by atomic mass is 9.99. The molecule has 1 fully saturated rings. The van der Waals surface area contributed by atoms with Gasteiger partial charge < -0.3 is 10.0 Å². The standard InChI is InChI=1S/C12H23NO2S/c1-9-4-6-13(7-5-9)12(15)8-16-11(3)10(2)14/h9-11,14H,4-8H2,1-3H3/t10-,11+/m0/s1. The normalized spacial score (nSPS) is 21.9. The molecule has 1 heterocycles. The number of amides is 1. The molecule has 3 nitrogen and oxygen atoms in total. The lowest BCUT2D eigenvalue weighted by molar-refractivity contribution is -0.129. The molecule has 0 radical (unpaired) electrons. The zero-order chi connectivity index (χ0) is 12.1. The Morgan fingerprint density at radius 1 is 1.44 bits per heavy atom. The van der Waals surface area contributed by atoms with Crippen molar-refractivity contribution < 1.29 is 9.90 Å². The van der Waals surface area contributed by atoms with E-state index >= 15 is 0 Å². The van der Waals surface area contributed by atoms with E-state index in [1.54, 1.807) is 18.7 Å². The van der Waals surface area contributed by atoms with E-state index in [4.69, 9.17) is 0 Å². The van der Waals surface area contributed by atoms with Gasteiger partial charge in [-0.15, -0.1) is 11.8 Å². The van der Waals surface area contributed by atoms with Gasteiger partial charge in [-0.3, -0.25) is 4.79 Å². The first kappa shape index (κ1) is 13.8. The van der Waals surface area contributed by atoms with Crippen LogP contribution in [0.2, 0.25) is 0 Å². The molecule has 94 valence electrons. The van der Waals surface area contributed by atoms with Crippen LogP contribution in [-0.2, 0) is 4.79 Å². The molecule has 0 spiro atoms. The third kappa shape index (κ3) is 4.34. The fraction of sp³-hybridized carbons (Fsp3) is 0.917. The van der Waals surface area contributed by atoms with Gasteiger partial charge in [-0.2, -0.15) is 0 Å². The molecule has 0 saturated carbocycles. The first-order chi connectivity index (χ1) is 7.50. The summed E-state index contributed by atoms with van der Waals surface area (Å²) < 4.78 is 0. The smallest absolute Gasteiger partial charge is 0.232 e. The minimum Gasteiger partial charge on any atom is -0.392 e. The average Bonchev–Trinajstić information content (AvgIpc) is 2.26. The van der Waals surface area contributed by atoms with E-state index in [1.807, 2.05) is 11.8 Å². The van der Waals surface area contributed by atoms with E-state index in [2.05, 4.69) is 6.92 Å². The minimum absolute atomic E-state index is 0.132. The second-order valence-corrected chi connectivity index (χ2v) is 6.19. The van der Waals surface area contributed by atoms with Crippen LogP contribution in [0.3, 0.4) is 0 Å². The average molecular weight is 245 g/mol. The van der Waals surface area contributed by atoms with Gasteiger partial charge in [0.1, 0.15) is 0 Å². The zero-order valence-corrected chi connectivity index (χ0v) is 11.3. The summed E-state index contributed by atoms with van der Waals surface area (Å²) in [6.45, 7) is 7.78. The highest BCUT2D eigenvalue weighted by molar-refractivity contribution is 8.00. The Balaban J connectivity index is 2.25. The van der Waals surface area contributed by atoms with Crippen molar-refractivity contribution in [2.75, 3.05) is 18.8 Å². The van der Waals surface area contributed by atoms with E-state index in [1.165, 1.54) is 0 Å². The zero-order valence-electron chi connectivity index (χ0n) is 10.5. The van der Waals surface area contributed by atoms with Gasteiger partial charge in [0.2, 0.25) is 5.91 Å². The van der Waals surface area contributed by atoms with Gasteiger partial charge in [0.05, 0.1) is 11.9 Å². The Morgan fingerprint density at radius 2 is 2.00 bits per heavy atom. The molecule has 1 aliphatic rings. The predicted octanol–water partition coefficient (Wildman–Crippen LogP) is 1.75. The van der Waals surface area contributed by atoms with Gasteiger partial charge in [0.15, 0.2) is 0 Å². The molecule has 0 aromatic rings. The highest BCUT2D eigenvalue weighted by Crippen LogP contribution is 2.19. The van der Waals surface area contributed by atoms with Crippen molar-refractivity contribution in [1.29, 1.82) is 0 Å². The van der Waals surface area contributed by atoms with Gasteiger partial charge in [0.25, 0.3) is 0 Å². The highest BCUT2D eigenvalue weighted by Gasteiger charge is 2.21. The first-order valence-corrected chi connectivity index (χ1v) is 7.13. The molecular weight excluding hydrogens is 222 g/mol. The Morgan fingerprint density at radius 3 is 2.50 bits per heavy atom. The summed E-state index contributed by atoms with van der Waals surface area (Å²) in [5.41, 5.74) is 0. The first-order valence-electron chi connectivity index (χ1n) is 6.08. The molecule has 0 aromatic carbocycles. The maximum atomic E-state index is 11.9. The number of rotatable bonds is 4. The molecule has 1 rings (SSSR count). The predicted molar refractivity (Wildman–Crippen MR) is 68.6 cm³/mol. The molecule has 0 bridgehead atoms. The van der Waals surface area contributed by atoms with Crippen LogP contribution in [0.4, 0.5) is 0 Å². The van der Waals surface area contributed by atoms with Gasteiger partial charge in [0, 0.05) is 18.3 Å². The fourth-order valence-corrected chi connectivity index (χ4v) is 2.56. The van der Waals surface area contributed by atoms with Crippen LogP contribution in [0, 0.1) is 5.92 Å². The van der Waals surface area contributed by atoms with Crippen LogP contribution in [0.15, 0.2) is 0 Å². The van der Waals surface area contributed by atoms with Crippen LogP contribution in [0.25, 0.3) is 0 Å². The molecule has 0 aromatic heterocycles. The minimum atomic E-state index is -0.348. The fourth-order valence-electron chi connectivity index (χ4n) is 1.69. The lowest BCUT2D eigenvalue weighted by Gasteiger charge is -2.30. The van der Waals surface area contributed by atoms with E-state index in [-0.39, 0.29) is 17.3 Å². The summed E-state index contributed by atoms with van der Waals surface area (Å²) >= 11 is 1.55.